The Hall–Kier alpha value is -2.48. The second kappa shape index (κ2) is 10.5. The molecule has 0 amide bonds. The van der Waals surface area contributed by atoms with Crippen molar-refractivity contribution in [2.75, 3.05) is 18.9 Å². The van der Waals surface area contributed by atoms with Gasteiger partial charge in [0.1, 0.15) is 17.9 Å². The molecule has 3 heterocycles. The summed E-state index contributed by atoms with van der Waals surface area (Å²) in [6.45, 7) is 17.9. The molecule has 1 saturated carbocycles. The summed E-state index contributed by atoms with van der Waals surface area (Å²) < 4.78 is 35.2. The van der Waals surface area contributed by atoms with Crippen molar-refractivity contribution in [3.63, 3.8) is 0 Å². The van der Waals surface area contributed by atoms with Crippen molar-refractivity contribution < 1.29 is 13.2 Å². The van der Waals surface area contributed by atoms with Crippen molar-refractivity contribution in [2.45, 2.75) is 75.8 Å². The van der Waals surface area contributed by atoms with Gasteiger partial charge in [0.25, 0.3) is 0 Å². The minimum atomic E-state index is -3.14. The van der Waals surface area contributed by atoms with Crippen LogP contribution < -0.4 is 0 Å². The van der Waals surface area contributed by atoms with Crippen LogP contribution in [0.4, 0.5) is 0 Å². The average molecular weight is 528 g/mol. The summed E-state index contributed by atoms with van der Waals surface area (Å²) in [5, 5.41) is 5.24. The fourth-order valence-corrected chi connectivity index (χ4v) is 7.71. The molecule has 4 rings (SSSR count). The lowest BCUT2D eigenvalue weighted by Crippen LogP contribution is -2.54. The van der Waals surface area contributed by atoms with Gasteiger partial charge in [-0.1, -0.05) is 33.0 Å². The molecule has 0 spiro atoms. The van der Waals surface area contributed by atoms with Gasteiger partial charge < -0.3 is 14.1 Å². The minimum absolute atomic E-state index is 0.223. The molecule has 3 aromatic rings. The van der Waals surface area contributed by atoms with E-state index in [0.29, 0.717) is 26.0 Å². The van der Waals surface area contributed by atoms with Gasteiger partial charge in [0.2, 0.25) is 6.54 Å². The van der Waals surface area contributed by atoms with Gasteiger partial charge in [-0.15, -0.1) is 0 Å². The Morgan fingerprint density at radius 3 is 2.75 bits per heavy atom. The van der Waals surface area contributed by atoms with Crippen LogP contribution in [0, 0.1) is 6.57 Å². The zero-order valence-electron chi connectivity index (χ0n) is 21.8. The number of fused-ring (bicyclic) bond motifs is 1. The first-order valence-corrected chi connectivity index (χ1v) is 18.1. The molecule has 0 saturated heterocycles. The predicted octanol–water partition coefficient (Wildman–Crippen LogP) is 5.20. The summed E-state index contributed by atoms with van der Waals surface area (Å²) in [4.78, 5) is 8.23. The number of rotatable bonds is 12. The number of nitrogens with zero attached hydrogens (tertiary/aromatic N) is 5. The third-order valence-corrected chi connectivity index (χ3v) is 11.1. The number of pyridine rings is 1. The lowest BCUT2D eigenvalue weighted by molar-refractivity contribution is 0.0899. The van der Waals surface area contributed by atoms with Crippen molar-refractivity contribution in [3.8, 4) is 11.1 Å². The molecule has 0 aliphatic heterocycles. The van der Waals surface area contributed by atoms with Gasteiger partial charge in [-0.25, -0.2) is 20.0 Å². The van der Waals surface area contributed by atoms with Gasteiger partial charge in [-0.2, -0.15) is 5.10 Å². The number of aromatic nitrogens is 4. The van der Waals surface area contributed by atoms with E-state index in [2.05, 4.69) is 34.6 Å². The Morgan fingerprint density at radius 1 is 1.28 bits per heavy atom. The number of hydrogen-bond acceptors (Lipinski definition) is 5. The van der Waals surface area contributed by atoms with Crippen LogP contribution in [0.2, 0.25) is 25.7 Å². The molecule has 0 atom stereocenters. The second-order valence-electron chi connectivity index (χ2n) is 11.2. The van der Waals surface area contributed by atoms with Crippen molar-refractivity contribution >= 4 is 28.9 Å². The molecule has 0 bridgehead atoms. The summed E-state index contributed by atoms with van der Waals surface area (Å²) in [5.41, 5.74) is 2.24. The lowest BCUT2D eigenvalue weighted by Gasteiger charge is -2.43. The third-order valence-electron chi connectivity index (χ3n) is 7.15. The van der Waals surface area contributed by atoms with E-state index < -0.39 is 23.5 Å². The first-order valence-electron chi connectivity index (χ1n) is 12.7. The summed E-state index contributed by atoms with van der Waals surface area (Å²) >= 11 is 0. The van der Waals surface area contributed by atoms with E-state index in [4.69, 9.17) is 11.3 Å². The van der Waals surface area contributed by atoms with Gasteiger partial charge in [-0.3, -0.25) is 4.68 Å². The molecule has 194 valence electrons. The van der Waals surface area contributed by atoms with Gasteiger partial charge in [0.05, 0.1) is 17.2 Å². The van der Waals surface area contributed by atoms with E-state index in [9.17, 15) is 8.42 Å². The SMILES string of the molecule is [C-]#[N+]CC1(n2cc(-c3ccnc4c3ccn4COCC[Si](C)(C)C)cn2)CC(S(=O)(=O)CCCC)C1. The largest absolute Gasteiger partial charge is 0.361 e. The molecule has 1 aliphatic carbocycles. The van der Waals surface area contributed by atoms with Crippen LogP contribution in [0.1, 0.15) is 32.6 Å². The molecular formula is C26H37N5O3SSi. The number of hydrogen-bond donors (Lipinski definition) is 0. The van der Waals surface area contributed by atoms with E-state index in [1.54, 1.807) is 12.4 Å². The predicted molar refractivity (Wildman–Crippen MR) is 146 cm³/mol. The summed E-state index contributed by atoms with van der Waals surface area (Å²) in [6, 6.07) is 5.14. The molecule has 1 aliphatic rings. The monoisotopic (exact) mass is 527 g/mol. The zero-order valence-corrected chi connectivity index (χ0v) is 23.6. The second-order valence-corrected chi connectivity index (χ2v) is 19.2. The normalized spacial score (nSPS) is 20.4. The van der Waals surface area contributed by atoms with Gasteiger partial charge >= 0.3 is 0 Å². The Labute approximate surface area is 215 Å². The molecule has 0 unspecified atom stereocenters. The lowest BCUT2D eigenvalue weighted by atomic mass is 9.76. The first kappa shape index (κ1) is 26.6. The van der Waals surface area contributed by atoms with Crippen LogP contribution >= 0.6 is 0 Å². The van der Waals surface area contributed by atoms with Crippen LogP contribution in [-0.4, -0.2) is 60.0 Å². The zero-order chi connectivity index (χ0) is 26.0. The average Bonchev–Trinajstić information content (AvgIpc) is 3.44. The molecule has 1 fully saturated rings. The maximum absolute atomic E-state index is 12.7. The highest BCUT2D eigenvalue weighted by Gasteiger charge is 2.54. The molecule has 10 heteroatoms. The van der Waals surface area contributed by atoms with E-state index in [-0.39, 0.29) is 17.5 Å². The number of sulfone groups is 1. The van der Waals surface area contributed by atoms with Crippen molar-refractivity contribution in [1.29, 1.82) is 0 Å². The van der Waals surface area contributed by atoms with Gasteiger partial charge in [0, 0.05) is 44.2 Å². The Bertz CT molecular complexity index is 1340. The third kappa shape index (κ3) is 5.58. The fourth-order valence-electron chi connectivity index (χ4n) is 4.80. The summed E-state index contributed by atoms with van der Waals surface area (Å²) in [7, 11) is -4.27. The molecular weight excluding hydrogens is 490 g/mol. The molecule has 3 aromatic heterocycles. The van der Waals surface area contributed by atoms with E-state index in [1.807, 2.05) is 40.7 Å². The van der Waals surface area contributed by atoms with Crippen LogP contribution in [-0.2, 0) is 26.8 Å². The quantitative estimate of drug-likeness (QED) is 0.184. The smallest absolute Gasteiger partial charge is 0.239 e. The highest BCUT2D eigenvalue weighted by Crippen LogP contribution is 2.44. The maximum atomic E-state index is 12.7. The van der Waals surface area contributed by atoms with Crippen molar-refractivity contribution in [1.82, 2.24) is 19.3 Å². The van der Waals surface area contributed by atoms with E-state index in [1.165, 1.54) is 0 Å². The standard InChI is InChI=1S/C26H37N5O3SSi/c1-6-7-13-35(32,33)22-15-26(16-22,19-27-2)31-18-21(17-29-31)23-8-10-28-25-24(23)9-11-30(25)20-34-12-14-36(3,4)5/h8-11,17-18,22H,6-7,12-16,19-20H2,1,3-5H3. The van der Waals surface area contributed by atoms with E-state index in [0.717, 1.165) is 41.2 Å². The van der Waals surface area contributed by atoms with Crippen molar-refractivity contribution in [3.05, 3.63) is 48.3 Å². The molecule has 0 radical (unpaired) electrons. The van der Waals surface area contributed by atoms with Crippen LogP contribution in [0.5, 0.6) is 0 Å². The van der Waals surface area contributed by atoms with Gasteiger partial charge in [0.15, 0.2) is 9.84 Å². The first-order chi connectivity index (χ1) is 17.1. The Balaban J connectivity index is 1.52. The van der Waals surface area contributed by atoms with E-state index >= 15 is 0 Å². The van der Waals surface area contributed by atoms with Crippen molar-refractivity contribution in [2.24, 2.45) is 0 Å². The molecule has 8 nitrogen and oxygen atoms in total. The van der Waals surface area contributed by atoms with Gasteiger partial charge in [-0.05, 0) is 43.0 Å². The topological polar surface area (TPSA) is 83.4 Å². The maximum Gasteiger partial charge on any atom is 0.239 e. The minimum Gasteiger partial charge on any atom is -0.361 e. The summed E-state index contributed by atoms with van der Waals surface area (Å²) in [5.74, 6) is 0.223. The highest BCUT2D eigenvalue weighted by molar-refractivity contribution is 7.92. The molecule has 0 N–H and O–H groups in total. The fraction of sp³-hybridized carbons (Fsp3) is 0.577. The molecule has 0 aromatic carbocycles. The van der Waals surface area contributed by atoms with Crippen LogP contribution in [0.3, 0.4) is 0 Å². The Kier molecular flexibility index (Phi) is 7.74. The van der Waals surface area contributed by atoms with Crippen LogP contribution in [0.25, 0.3) is 27.0 Å². The van der Waals surface area contributed by atoms with Crippen LogP contribution in [0.15, 0.2) is 36.9 Å². The Morgan fingerprint density at radius 2 is 2.06 bits per heavy atom. The summed E-state index contributed by atoms with van der Waals surface area (Å²) in [6.07, 6.45) is 9.98. The highest BCUT2D eigenvalue weighted by atomic mass is 32.2. The number of unbranched alkanes of at least 4 members (excludes halogenated alkanes) is 1. The molecule has 36 heavy (non-hydrogen) atoms. The number of ether oxygens (including phenoxy) is 1.